The number of carbonyl (C=O) groups is 2. The Kier molecular flexibility index (Phi) is 5.55. The highest BCUT2D eigenvalue weighted by Crippen LogP contribution is 2.37. The standard InChI is InChI=1S/C26H20O8/c1-30-18-6-3-16(4-7-18)25(27)19(10-15-2-8-20-22(11-15)33-13-31-20)24(26(28)29)17-5-9-21-23(12-17)34-14-32-21/h2-9,11-12H,10,13-14H2,1H3,(H,28,29)/b24-19-. The summed E-state index contributed by atoms with van der Waals surface area (Å²) in [4.78, 5) is 26.2. The van der Waals surface area contributed by atoms with Gasteiger partial charge in [0.2, 0.25) is 13.6 Å². The second-order valence-electron chi connectivity index (χ2n) is 7.65. The second kappa shape index (κ2) is 8.82. The van der Waals surface area contributed by atoms with E-state index in [-0.39, 0.29) is 31.2 Å². The monoisotopic (exact) mass is 460 g/mol. The van der Waals surface area contributed by atoms with Gasteiger partial charge >= 0.3 is 5.97 Å². The van der Waals surface area contributed by atoms with Crippen molar-refractivity contribution in [1.29, 1.82) is 0 Å². The van der Waals surface area contributed by atoms with Crippen LogP contribution < -0.4 is 23.7 Å². The fourth-order valence-corrected chi connectivity index (χ4v) is 3.93. The Labute approximate surface area is 194 Å². The summed E-state index contributed by atoms with van der Waals surface area (Å²) in [6, 6.07) is 16.6. The molecule has 0 radical (unpaired) electrons. The number of carbonyl (C=O) groups excluding carboxylic acids is 1. The van der Waals surface area contributed by atoms with E-state index in [4.69, 9.17) is 23.7 Å². The van der Waals surface area contributed by atoms with Crippen LogP contribution >= 0.6 is 0 Å². The van der Waals surface area contributed by atoms with Gasteiger partial charge in [0.15, 0.2) is 28.8 Å². The Hall–Kier alpha value is -4.46. The number of rotatable bonds is 7. The van der Waals surface area contributed by atoms with Gasteiger partial charge in [-0.3, -0.25) is 4.79 Å². The Morgan fingerprint density at radius 2 is 1.38 bits per heavy atom. The predicted molar refractivity (Wildman–Crippen MR) is 121 cm³/mol. The highest BCUT2D eigenvalue weighted by molar-refractivity contribution is 6.26. The van der Waals surface area contributed by atoms with Gasteiger partial charge in [-0.05, 0) is 59.7 Å². The molecule has 0 saturated heterocycles. The molecular weight excluding hydrogens is 440 g/mol. The van der Waals surface area contributed by atoms with Gasteiger partial charge in [0.05, 0.1) is 12.7 Å². The van der Waals surface area contributed by atoms with Gasteiger partial charge in [-0.15, -0.1) is 0 Å². The first-order chi connectivity index (χ1) is 16.5. The molecule has 0 spiro atoms. The van der Waals surface area contributed by atoms with Crippen molar-refractivity contribution in [2.24, 2.45) is 0 Å². The normalized spacial score (nSPS) is 13.9. The summed E-state index contributed by atoms with van der Waals surface area (Å²) < 4.78 is 26.8. The molecule has 3 aromatic rings. The third kappa shape index (κ3) is 4.01. The number of carboxylic acid groups (broad SMARTS) is 1. The van der Waals surface area contributed by atoms with E-state index in [1.165, 1.54) is 7.11 Å². The molecule has 0 saturated carbocycles. The lowest BCUT2D eigenvalue weighted by molar-refractivity contribution is -0.130. The van der Waals surface area contributed by atoms with Crippen LogP contribution in [0.3, 0.4) is 0 Å². The number of methoxy groups -OCH3 is 1. The molecule has 3 aromatic carbocycles. The van der Waals surface area contributed by atoms with Crippen molar-refractivity contribution < 1.29 is 38.4 Å². The van der Waals surface area contributed by atoms with Crippen LogP contribution in [0.2, 0.25) is 0 Å². The molecule has 0 aliphatic carbocycles. The highest BCUT2D eigenvalue weighted by Gasteiger charge is 2.26. The van der Waals surface area contributed by atoms with Crippen LogP contribution in [0.4, 0.5) is 0 Å². The van der Waals surface area contributed by atoms with Gasteiger partial charge < -0.3 is 28.8 Å². The molecule has 5 rings (SSSR count). The maximum absolute atomic E-state index is 13.7. The zero-order valence-electron chi connectivity index (χ0n) is 18.2. The molecule has 0 atom stereocenters. The van der Waals surface area contributed by atoms with E-state index < -0.39 is 11.8 Å². The number of aliphatic carboxylic acids is 1. The fraction of sp³-hybridized carbons (Fsp3) is 0.154. The maximum Gasteiger partial charge on any atom is 0.336 e. The molecule has 8 nitrogen and oxygen atoms in total. The molecule has 2 aliphatic rings. The van der Waals surface area contributed by atoms with Crippen LogP contribution in [0.15, 0.2) is 66.2 Å². The number of hydrogen-bond donors (Lipinski definition) is 1. The van der Waals surface area contributed by atoms with Crippen LogP contribution in [0.1, 0.15) is 21.5 Å². The van der Waals surface area contributed by atoms with Crippen molar-refractivity contribution in [3.63, 3.8) is 0 Å². The van der Waals surface area contributed by atoms with E-state index in [0.717, 1.165) is 0 Å². The lowest BCUT2D eigenvalue weighted by Gasteiger charge is -2.14. The molecule has 0 unspecified atom stereocenters. The van der Waals surface area contributed by atoms with Crippen molar-refractivity contribution in [3.8, 4) is 28.7 Å². The largest absolute Gasteiger partial charge is 0.497 e. The van der Waals surface area contributed by atoms with Crippen molar-refractivity contribution in [1.82, 2.24) is 0 Å². The number of Topliss-reactive ketones (excluding diaryl/α,β-unsaturated/α-hetero) is 1. The van der Waals surface area contributed by atoms with E-state index >= 15 is 0 Å². The first kappa shape index (κ1) is 21.4. The Morgan fingerprint density at radius 1 is 0.794 bits per heavy atom. The number of benzene rings is 3. The van der Waals surface area contributed by atoms with Gasteiger partial charge in [0, 0.05) is 17.6 Å². The summed E-state index contributed by atoms with van der Waals surface area (Å²) in [6.07, 6.45) is 0.0670. The fourth-order valence-electron chi connectivity index (χ4n) is 3.93. The average Bonchev–Trinajstić information content (AvgIpc) is 3.51. The lowest BCUT2D eigenvalue weighted by atomic mass is 9.89. The molecule has 1 N–H and O–H groups in total. The molecule has 2 heterocycles. The molecule has 0 fully saturated rings. The molecule has 0 aromatic heterocycles. The zero-order valence-corrected chi connectivity index (χ0v) is 18.2. The summed E-state index contributed by atoms with van der Waals surface area (Å²) in [5.74, 6) is 1.06. The summed E-state index contributed by atoms with van der Waals surface area (Å²) in [5.41, 5.74) is 1.40. The Balaban J connectivity index is 1.63. The Morgan fingerprint density at radius 3 is 2.03 bits per heavy atom. The smallest absolute Gasteiger partial charge is 0.336 e. The number of carboxylic acids is 1. The first-order valence-corrected chi connectivity index (χ1v) is 10.5. The molecule has 0 bridgehead atoms. The summed E-state index contributed by atoms with van der Waals surface area (Å²) in [6.45, 7) is 0.170. The maximum atomic E-state index is 13.7. The molecule has 8 heteroatoms. The van der Waals surface area contributed by atoms with Crippen molar-refractivity contribution in [3.05, 3.63) is 82.9 Å². The highest BCUT2D eigenvalue weighted by atomic mass is 16.7. The van der Waals surface area contributed by atoms with E-state index in [0.29, 0.717) is 45.4 Å². The van der Waals surface area contributed by atoms with E-state index in [1.807, 2.05) is 0 Å². The van der Waals surface area contributed by atoms with Crippen molar-refractivity contribution in [2.45, 2.75) is 6.42 Å². The van der Waals surface area contributed by atoms with Gasteiger partial charge in [0.25, 0.3) is 0 Å². The third-order valence-corrected chi connectivity index (χ3v) is 5.62. The summed E-state index contributed by atoms with van der Waals surface area (Å²) >= 11 is 0. The predicted octanol–water partition coefficient (Wildman–Crippen LogP) is 4.12. The van der Waals surface area contributed by atoms with Crippen LogP contribution in [0.5, 0.6) is 28.7 Å². The van der Waals surface area contributed by atoms with Gasteiger partial charge in [-0.2, -0.15) is 0 Å². The Bertz CT molecular complexity index is 1310. The number of ketones is 1. The quantitative estimate of drug-likeness (QED) is 0.415. The van der Waals surface area contributed by atoms with E-state index in [1.54, 1.807) is 60.7 Å². The average molecular weight is 460 g/mol. The van der Waals surface area contributed by atoms with Crippen LogP contribution in [0, 0.1) is 0 Å². The van der Waals surface area contributed by atoms with Crippen LogP contribution in [-0.4, -0.2) is 37.6 Å². The summed E-state index contributed by atoms with van der Waals surface area (Å²) in [7, 11) is 1.53. The van der Waals surface area contributed by atoms with Gasteiger partial charge in [0.1, 0.15) is 5.75 Å². The second-order valence-corrected chi connectivity index (χ2v) is 7.65. The van der Waals surface area contributed by atoms with Crippen molar-refractivity contribution in [2.75, 3.05) is 20.7 Å². The lowest BCUT2D eigenvalue weighted by Crippen LogP contribution is -2.14. The van der Waals surface area contributed by atoms with Crippen molar-refractivity contribution >= 4 is 17.3 Å². The van der Waals surface area contributed by atoms with Crippen LogP contribution in [0.25, 0.3) is 5.57 Å². The first-order valence-electron chi connectivity index (χ1n) is 10.5. The van der Waals surface area contributed by atoms with E-state index in [9.17, 15) is 14.7 Å². The minimum Gasteiger partial charge on any atom is -0.497 e. The number of allylic oxidation sites excluding steroid dienone is 1. The summed E-state index contributed by atoms with van der Waals surface area (Å²) in [5, 5.41) is 10.2. The van der Waals surface area contributed by atoms with E-state index in [2.05, 4.69) is 0 Å². The number of ether oxygens (including phenoxy) is 5. The SMILES string of the molecule is COc1ccc(C(=O)/C(Cc2ccc3c(c2)OCO3)=C(\C(=O)O)c2ccc3c(c2)OCO3)cc1. The molecule has 34 heavy (non-hydrogen) atoms. The van der Waals surface area contributed by atoms with Gasteiger partial charge in [-0.1, -0.05) is 12.1 Å². The molecule has 0 amide bonds. The number of fused-ring (bicyclic) bond motifs is 2. The van der Waals surface area contributed by atoms with Crippen LogP contribution in [-0.2, 0) is 11.2 Å². The molecule has 2 aliphatic heterocycles. The third-order valence-electron chi connectivity index (χ3n) is 5.62. The minimum atomic E-state index is -1.23. The molecule has 172 valence electrons. The zero-order chi connectivity index (χ0) is 23.7. The topological polar surface area (TPSA) is 101 Å². The number of hydrogen-bond acceptors (Lipinski definition) is 7. The van der Waals surface area contributed by atoms with Gasteiger partial charge in [-0.25, -0.2) is 4.79 Å². The minimum absolute atomic E-state index is 0.0553. The molecular formula is C26H20O8.